The molecular formula is C22H24N4O2S. The van der Waals surface area contributed by atoms with E-state index in [-0.39, 0.29) is 17.4 Å². The fourth-order valence-corrected chi connectivity index (χ4v) is 3.73. The van der Waals surface area contributed by atoms with Crippen molar-refractivity contribution < 1.29 is 9.59 Å². The minimum absolute atomic E-state index is 0.0354. The molecule has 0 radical (unpaired) electrons. The van der Waals surface area contributed by atoms with Gasteiger partial charge in [-0.05, 0) is 38.5 Å². The normalized spacial score (nSPS) is 10.7. The number of nitrogens with one attached hydrogen (secondary N) is 1. The van der Waals surface area contributed by atoms with E-state index in [2.05, 4.69) is 33.1 Å². The van der Waals surface area contributed by atoms with Crippen molar-refractivity contribution in [3.63, 3.8) is 0 Å². The van der Waals surface area contributed by atoms with Crippen molar-refractivity contribution in [2.45, 2.75) is 38.9 Å². The molecule has 29 heavy (non-hydrogen) atoms. The average Bonchev–Trinajstić information content (AvgIpc) is 3.09. The molecule has 1 N–H and O–H groups in total. The van der Waals surface area contributed by atoms with E-state index >= 15 is 0 Å². The molecule has 0 aliphatic carbocycles. The zero-order valence-electron chi connectivity index (χ0n) is 16.8. The first-order valence-corrected chi connectivity index (χ1v) is 10.5. The van der Waals surface area contributed by atoms with Crippen molar-refractivity contribution in [2.75, 3.05) is 11.1 Å². The summed E-state index contributed by atoms with van der Waals surface area (Å²) in [4.78, 5) is 23.9. The molecule has 3 aromatic rings. The molecular weight excluding hydrogens is 384 g/mol. The summed E-state index contributed by atoms with van der Waals surface area (Å²) in [5.74, 6) is 0.832. The predicted octanol–water partition coefficient (Wildman–Crippen LogP) is 4.60. The largest absolute Gasteiger partial charge is 0.325 e. The van der Waals surface area contributed by atoms with Gasteiger partial charge in [-0.2, -0.15) is 0 Å². The van der Waals surface area contributed by atoms with Gasteiger partial charge in [-0.1, -0.05) is 54.6 Å². The van der Waals surface area contributed by atoms with E-state index in [0.717, 1.165) is 35.1 Å². The van der Waals surface area contributed by atoms with Gasteiger partial charge in [0.25, 0.3) is 0 Å². The zero-order chi connectivity index (χ0) is 20.8. The molecule has 6 nitrogen and oxygen atoms in total. The summed E-state index contributed by atoms with van der Waals surface area (Å²) in [7, 11) is 0. The molecule has 0 saturated heterocycles. The lowest BCUT2D eigenvalue weighted by Gasteiger charge is -2.10. The Morgan fingerprint density at radius 2 is 1.90 bits per heavy atom. The number of carbonyl (C=O) groups is 2. The second kappa shape index (κ2) is 9.52. The van der Waals surface area contributed by atoms with Gasteiger partial charge in [-0.3, -0.25) is 9.59 Å². The molecule has 0 fully saturated rings. The van der Waals surface area contributed by atoms with E-state index in [0.29, 0.717) is 11.3 Å². The molecule has 3 rings (SSSR count). The molecule has 1 amide bonds. The van der Waals surface area contributed by atoms with E-state index in [9.17, 15) is 9.59 Å². The van der Waals surface area contributed by atoms with E-state index in [4.69, 9.17) is 0 Å². The second-order valence-electron chi connectivity index (χ2n) is 6.80. The molecule has 0 aliphatic rings. The quantitative estimate of drug-likeness (QED) is 0.435. The van der Waals surface area contributed by atoms with Crippen LogP contribution < -0.4 is 5.32 Å². The Morgan fingerprint density at radius 3 is 2.62 bits per heavy atom. The maximum absolute atomic E-state index is 12.4. The highest BCUT2D eigenvalue weighted by Crippen LogP contribution is 2.25. The first kappa shape index (κ1) is 20.8. The molecule has 150 valence electrons. The number of carbonyl (C=O) groups excluding carboxylic acids is 2. The van der Waals surface area contributed by atoms with Crippen LogP contribution in [0.25, 0.3) is 11.4 Å². The minimum Gasteiger partial charge on any atom is -0.325 e. The molecule has 2 aromatic carbocycles. The van der Waals surface area contributed by atoms with E-state index in [1.807, 2.05) is 25.1 Å². The smallest absolute Gasteiger partial charge is 0.234 e. The number of aryl methyl sites for hydroxylation is 1. The van der Waals surface area contributed by atoms with Gasteiger partial charge < -0.3 is 9.88 Å². The molecule has 0 bridgehead atoms. The van der Waals surface area contributed by atoms with Gasteiger partial charge in [0.15, 0.2) is 16.8 Å². The van der Waals surface area contributed by atoms with Gasteiger partial charge in [-0.15, -0.1) is 10.2 Å². The molecule has 0 atom stereocenters. The topological polar surface area (TPSA) is 76.9 Å². The molecule has 0 unspecified atom stereocenters. The number of rotatable bonds is 8. The van der Waals surface area contributed by atoms with Crippen LogP contribution in [0.1, 0.15) is 36.2 Å². The van der Waals surface area contributed by atoms with Gasteiger partial charge in [0.05, 0.1) is 5.75 Å². The highest BCUT2D eigenvalue weighted by atomic mass is 32.2. The van der Waals surface area contributed by atoms with Crippen molar-refractivity contribution in [1.29, 1.82) is 0 Å². The van der Waals surface area contributed by atoms with Crippen LogP contribution in [0.5, 0.6) is 0 Å². The van der Waals surface area contributed by atoms with Crippen LogP contribution >= 0.6 is 11.8 Å². The van der Waals surface area contributed by atoms with Crippen molar-refractivity contribution in [2.24, 2.45) is 0 Å². The van der Waals surface area contributed by atoms with Gasteiger partial charge in [-0.25, -0.2) is 0 Å². The third-order valence-corrected chi connectivity index (χ3v) is 5.29. The van der Waals surface area contributed by atoms with Gasteiger partial charge >= 0.3 is 0 Å². The van der Waals surface area contributed by atoms with Crippen molar-refractivity contribution in [3.8, 4) is 11.4 Å². The minimum atomic E-state index is -0.154. The number of hydrogen-bond acceptors (Lipinski definition) is 5. The average molecular weight is 409 g/mol. The highest BCUT2D eigenvalue weighted by Gasteiger charge is 2.15. The molecule has 7 heteroatoms. The molecule has 0 aliphatic heterocycles. The Morgan fingerprint density at radius 1 is 1.10 bits per heavy atom. The van der Waals surface area contributed by atoms with E-state index < -0.39 is 0 Å². The van der Waals surface area contributed by atoms with Gasteiger partial charge in [0.2, 0.25) is 5.91 Å². The fraction of sp³-hybridized carbons (Fsp3) is 0.273. The number of thioether (sulfide) groups is 1. The number of hydrogen-bond donors (Lipinski definition) is 1. The number of Topliss-reactive ketones (excluding diaryl/α,β-unsaturated/α-hetero) is 1. The maximum Gasteiger partial charge on any atom is 0.234 e. The van der Waals surface area contributed by atoms with E-state index in [1.54, 1.807) is 24.3 Å². The van der Waals surface area contributed by atoms with Crippen molar-refractivity contribution in [3.05, 3.63) is 59.7 Å². The lowest BCUT2D eigenvalue weighted by molar-refractivity contribution is -0.113. The number of nitrogens with zero attached hydrogens (tertiary/aromatic N) is 3. The monoisotopic (exact) mass is 408 g/mol. The zero-order valence-corrected chi connectivity index (χ0v) is 17.6. The summed E-state index contributed by atoms with van der Waals surface area (Å²) in [6.45, 7) is 6.43. The summed E-state index contributed by atoms with van der Waals surface area (Å²) in [6, 6.07) is 15.1. The summed E-state index contributed by atoms with van der Waals surface area (Å²) in [5, 5.41) is 12.2. The SMILES string of the molecule is CCCn1c(SCC(=O)Nc2cccc(C(C)=O)c2)nnc1-c1cccc(C)c1. The first-order valence-electron chi connectivity index (χ1n) is 9.52. The lowest BCUT2D eigenvalue weighted by Crippen LogP contribution is -2.15. The van der Waals surface area contributed by atoms with Crippen LogP contribution in [-0.4, -0.2) is 32.2 Å². The first-order chi connectivity index (χ1) is 14.0. The summed E-state index contributed by atoms with van der Waals surface area (Å²) < 4.78 is 2.06. The Kier molecular flexibility index (Phi) is 6.82. The molecule has 1 heterocycles. The Hall–Kier alpha value is -2.93. The predicted molar refractivity (Wildman–Crippen MR) is 116 cm³/mol. The summed E-state index contributed by atoms with van der Waals surface area (Å²) in [5.41, 5.74) is 3.36. The maximum atomic E-state index is 12.4. The third-order valence-electron chi connectivity index (χ3n) is 4.33. The van der Waals surface area contributed by atoms with Crippen LogP contribution in [0.2, 0.25) is 0 Å². The van der Waals surface area contributed by atoms with Crippen LogP contribution in [0, 0.1) is 6.92 Å². The lowest BCUT2D eigenvalue weighted by atomic mass is 10.1. The third kappa shape index (κ3) is 5.32. The van der Waals surface area contributed by atoms with Gasteiger partial charge in [0.1, 0.15) is 0 Å². The molecule has 1 aromatic heterocycles. The number of anilines is 1. The number of amides is 1. The fourth-order valence-electron chi connectivity index (χ4n) is 2.96. The molecule has 0 saturated carbocycles. The Balaban J connectivity index is 1.71. The number of aromatic nitrogens is 3. The standard InChI is InChI=1S/C22H24N4O2S/c1-4-11-26-21(18-9-5-7-15(2)12-18)24-25-22(26)29-14-20(28)23-19-10-6-8-17(13-19)16(3)27/h5-10,12-13H,4,11,14H2,1-3H3,(H,23,28). The summed E-state index contributed by atoms with van der Waals surface area (Å²) in [6.07, 6.45) is 0.939. The van der Waals surface area contributed by atoms with Crippen LogP contribution in [-0.2, 0) is 11.3 Å². The van der Waals surface area contributed by atoms with Crippen LogP contribution in [0.15, 0.2) is 53.7 Å². The molecule has 0 spiro atoms. The second-order valence-corrected chi connectivity index (χ2v) is 7.74. The van der Waals surface area contributed by atoms with Crippen LogP contribution in [0.3, 0.4) is 0 Å². The van der Waals surface area contributed by atoms with Gasteiger partial charge in [0, 0.05) is 23.4 Å². The van der Waals surface area contributed by atoms with Crippen molar-refractivity contribution >= 4 is 29.1 Å². The van der Waals surface area contributed by atoms with Crippen LogP contribution in [0.4, 0.5) is 5.69 Å². The highest BCUT2D eigenvalue weighted by molar-refractivity contribution is 7.99. The van der Waals surface area contributed by atoms with E-state index in [1.165, 1.54) is 18.7 Å². The number of ketones is 1. The van der Waals surface area contributed by atoms with Crippen molar-refractivity contribution in [1.82, 2.24) is 14.8 Å². The Bertz CT molecular complexity index is 1030. The number of benzene rings is 2. The Labute approximate surface area is 174 Å². The summed E-state index contributed by atoms with van der Waals surface area (Å²) >= 11 is 1.35.